The van der Waals surface area contributed by atoms with Crippen LogP contribution in [0.1, 0.15) is 51.4 Å². The zero-order chi connectivity index (χ0) is 13.7. The summed E-state index contributed by atoms with van der Waals surface area (Å²) in [5, 5.41) is 12.5. The maximum atomic E-state index is 11.5. The summed E-state index contributed by atoms with van der Waals surface area (Å²) in [6.45, 7) is 1.03. The predicted molar refractivity (Wildman–Crippen MR) is 74.2 cm³/mol. The number of likely N-dealkylation sites (N-methyl/N-ethyl adjacent to an activating group) is 1. The number of carboxylic acids is 1. The van der Waals surface area contributed by atoms with E-state index in [1.54, 1.807) is 7.05 Å². The molecule has 2 fully saturated rings. The second-order valence-electron chi connectivity index (χ2n) is 6.17. The highest BCUT2D eigenvalue weighted by molar-refractivity contribution is 5.80. The minimum Gasteiger partial charge on any atom is -0.480 e. The summed E-state index contributed by atoms with van der Waals surface area (Å²) in [6, 6.07) is 0. The van der Waals surface area contributed by atoms with E-state index >= 15 is 0 Å². The molecule has 19 heavy (non-hydrogen) atoms. The van der Waals surface area contributed by atoms with Crippen molar-refractivity contribution in [2.24, 2.45) is 11.8 Å². The fraction of sp³-hybridized carbons (Fsp3) is 0.933. The Morgan fingerprint density at radius 1 is 1.21 bits per heavy atom. The van der Waals surface area contributed by atoms with Crippen LogP contribution < -0.4 is 5.32 Å². The lowest BCUT2D eigenvalue weighted by molar-refractivity contribution is -0.149. The second kappa shape index (κ2) is 6.71. The van der Waals surface area contributed by atoms with Crippen LogP contribution in [-0.2, 0) is 9.53 Å². The lowest BCUT2D eigenvalue weighted by Gasteiger charge is -2.29. The summed E-state index contributed by atoms with van der Waals surface area (Å²) < 4.78 is 5.80. The van der Waals surface area contributed by atoms with E-state index in [0.717, 1.165) is 19.4 Å². The van der Waals surface area contributed by atoms with Crippen molar-refractivity contribution in [1.29, 1.82) is 0 Å². The zero-order valence-corrected chi connectivity index (χ0v) is 12.0. The minimum absolute atomic E-state index is 0.240. The molecule has 0 heterocycles. The van der Waals surface area contributed by atoms with Gasteiger partial charge in [-0.1, -0.05) is 25.7 Å². The Morgan fingerprint density at radius 3 is 2.32 bits per heavy atom. The third kappa shape index (κ3) is 3.69. The van der Waals surface area contributed by atoms with E-state index in [9.17, 15) is 9.90 Å². The molecule has 0 aromatic carbocycles. The van der Waals surface area contributed by atoms with Crippen LogP contribution in [0.15, 0.2) is 0 Å². The van der Waals surface area contributed by atoms with E-state index in [1.807, 2.05) is 0 Å². The van der Waals surface area contributed by atoms with Crippen molar-refractivity contribution in [3.8, 4) is 0 Å². The summed E-state index contributed by atoms with van der Waals surface area (Å²) in [5.41, 5.74) is -0.856. The molecule has 4 heteroatoms. The van der Waals surface area contributed by atoms with Gasteiger partial charge < -0.3 is 15.2 Å². The second-order valence-corrected chi connectivity index (χ2v) is 6.17. The van der Waals surface area contributed by atoms with E-state index in [-0.39, 0.29) is 5.92 Å². The summed E-state index contributed by atoms with van der Waals surface area (Å²) in [5.74, 6) is 0.104. The monoisotopic (exact) mass is 269 g/mol. The molecule has 4 nitrogen and oxygen atoms in total. The number of carboxylic acid groups (broad SMARTS) is 1. The topological polar surface area (TPSA) is 58.6 Å². The first-order valence-electron chi connectivity index (χ1n) is 7.69. The highest BCUT2D eigenvalue weighted by Gasteiger charge is 2.50. The largest absolute Gasteiger partial charge is 0.480 e. The Labute approximate surface area is 115 Å². The Morgan fingerprint density at radius 2 is 1.84 bits per heavy atom. The van der Waals surface area contributed by atoms with E-state index < -0.39 is 11.5 Å². The number of carbonyl (C=O) groups is 1. The summed E-state index contributed by atoms with van der Waals surface area (Å²) in [4.78, 5) is 11.5. The maximum Gasteiger partial charge on any atom is 0.326 e. The molecular weight excluding hydrogens is 242 g/mol. The van der Waals surface area contributed by atoms with Gasteiger partial charge in [0.25, 0.3) is 0 Å². The molecule has 0 spiro atoms. The molecular formula is C15H27NO3. The van der Waals surface area contributed by atoms with Crippen molar-refractivity contribution in [3.05, 3.63) is 0 Å². The quantitative estimate of drug-likeness (QED) is 0.697. The Hall–Kier alpha value is -0.610. The van der Waals surface area contributed by atoms with Crippen molar-refractivity contribution >= 4 is 5.97 Å². The maximum absolute atomic E-state index is 11.5. The molecule has 0 aromatic rings. The first-order chi connectivity index (χ1) is 9.19. The number of ether oxygens (including phenoxy) is 1. The van der Waals surface area contributed by atoms with Crippen molar-refractivity contribution in [2.75, 3.05) is 20.3 Å². The van der Waals surface area contributed by atoms with Crippen molar-refractivity contribution in [3.63, 3.8) is 0 Å². The van der Waals surface area contributed by atoms with Crippen LogP contribution in [0, 0.1) is 11.8 Å². The average Bonchev–Trinajstić information content (AvgIpc) is 3.21. The van der Waals surface area contributed by atoms with Crippen LogP contribution in [0.3, 0.4) is 0 Å². The van der Waals surface area contributed by atoms with Crippen LogP contribution in [0.25, 0.3) is 0 Å². The Balaban J connectivity index is 1.80. The minimum atomic E-state index is -0.856. The van der Waals surface area contributed by atoms with Crippen LogP contribution in [0.4, 0.5) is 0 Å². The van der Waals surface area contributed by atoms with Gasteiger partial charge in [0.1, 0.15) is 5.54 Å². The number of hydrogen-bond acceptors (Lipinski definition) is 3. The van der Waals surface area contributed by atoms with Crippen LogP contribution in [0.5, 0.6) is 0 Å². The van der Waals surface area contributed by atoms with E-state index in [0.29, 0.717) is 12.5 Å². The molecule has 110 valence electrons. The molecule has 1 atom stereocenters. The van der Waals surface area contributed by atoms with Gasteiger partial charge in [-0.2, -0.15) is 0 Å². The summed E-state index contributed by atoms with van der Waals surface area (Å²) in [6.07, 6.45) is 9.76. The van der Waals surface area contributed by atoms with Crippen molar-refractivity contribution < 1.29 is 14.6 Å². The molecule has 1 unspecified atom stereocenters. The molecule has 2 aliphatic carbocycles. The van der Waals surface area contributed by atoms with Gasteiger partial charge in [0.15, 0.2) is 0 Å². The van der Waals surface area contributed by atoms with Gasteiger partial charge in [-0.3, -0.25) is 4.79 Å². The SMILES string of the molecule is CNC(COCC1CCCCCC1)(C(=O)O)C1CC1. The van der Waals surface area contributed by atoms with Crippen LogP contribution in [-0.4, -0.2) is 36.9 Å². The van der Waals surface area contributed by atoms with Crippen LogP contribution in [0.2, 0.25) is 0 Å². The number of aliphatic carboxylic acids is 1. The number of hydrogen-bond donors (Lipinski definition) is 2. The van der Waals surface area contributed by atoms with Gasteiger partial charge in [-0.15, -0.1) is 0 Å². The normalized spacial score (nSPS) is 24.7. The van der Waals surface area contributed by atoms with Gasteiger partial charge in [0, 0.05) is 6.61 Å². The van der Waals surface area contributed by atoms with Crippen LogP contribution >= 0.6 is 0 Å². The zero-order valence-electron chi connectivity index (χ0n) is 12.0. The van der Waals surface area contributed by atoms with E-state index in [4.69, 9.17) is 4.74 Å². The van der Waals surface area contributed by atoms with Gasteiger partial charge in [-0.25, -0.2) is 0 Å². The molecule has 0 aromatic heterocycles. The highest BCUT2D eigenvalue weighted by Crippen LogP contribution is 2.40. The molecule has 0 saturated heterocycles. The fourth-order valence-electron chi connectivity index (χ4n) is 3.23. The van der Waals surface area contributed by atoms with Gasteiger partial charge in [0.2, 0.25) is 0 Å². The van der Waals surface area contributed by atoms with Crippen molar-refractivity contribution in [1.82, 2.24) is 5.32 Å². The first kappa shape index (κ1) is 14.8. The summed E-state index contributed by atoms with van der Waals surface area (Å²) in [7, 11) is 1.74. The fourth-order valence-corrected chi connectivity index (χ4v) is 3.23. The lowest BCUT2D eigenvalue weighted by atomic mass is 9.94. The standard InChI is InChI=1S/C15H27NO3/c1-16-15(14(17)18,13-8-9-13)11-19-10-12-6-4-2-3-5-7-12/h12-13,16H,2-11H2,1H3,(H,17,18). The van der Waals surface area contributed by atoms with E-state index in [2.05, 4.69) is 5.32 Å². The molecule has 2 saturated carbocycles. The van der Waals surface area contributed by atoms with Gasteiger partial charge in [-0.05, 0) is 44.6 Å². The Bertz CT molecular complexity index is 296. The van der Waals surface area contributed by atoms with Gasteiger partial charge >= 0.3 is 5.97 Å². The summed E-state index contributed by atoms with van der Waals surface area (Å²) >= 11 is 0. The van der Waals surface area contributed by atoms with Crippen molar-refractivity contribution in [2.45, 2.75) is 56.9 Å². The highest BCUT2D eigenvalue weighted by atomic mass is 16.5. The molecule has 0 bridgehead atoms. The third-order valence-corrected chi connectivity index (χ3v) is 4.76. The third-order valence-electron chi connectivity index (χ3n) is 4.76. The molecule has 0 aliphatic heterocycles. The Kier molecular flexibility index (Phi) is 5.22. The lowest BCUT2D eigenvalue weighted by Crippen LogP contribution is -2.56. The average molecular weight is 269 g/mol. The molecule has 2 aliphatic rings. The molecule has 2 N–H and O–H groups in total. The van der Waals surface area contributed by atoms with Gasteiger partial charge in [0.05, 0.1) is 6.61 Å². The number of rotatable bonds is 7. The first-order valence-corrected chi connectivity index (χ1v) is 7.69. The predicted octanol–water partition coefficient (Wildman–Crippen LogP) is 2.43. The molecule has 0 radical (unpaired) electrons. The smallest absolute Gasteiger partial charge is 0.326 e. The number of nitrogens with one attached hydrogen (secondary N) is 1. The molecule has 0 amide bonds. The van der Waals surface area contributed by atoms with E-state index in [1.165, 1.54) is 38.5 Å². The molecule has 2 rings (SSSR count).